The molecule has 0 aliphatic carbocycles. The van der Waals surface area contributed by atoms with Gasteiger partial charge in [0.15, 0.2) is 0 Å². The lowest BCUT2D eigenvalue weighted by Gasteiger charge is -2.22. The first-order valence-corrected chi connectivity index (χ1v) is 8.91. The Morgan fingerprint density at radius 3 is 2.43 bits per heavy atom. The lowest BCUT2D eigenvalue weighted by molar-refractivity contribution is -0.141. The summed E-state index contributed by atoms with van der Waals surface area (Å²) in [6.45, 7) is 0. The number of amides is 1. The summed E-state index contributed by atoms with van der Waals surface area (Å²) in [6, 6.07) is 14.6. The Bertz CT molecular complexity index is 909. The molecule has 0 bridgehead atoms. The topological polar surface area (TPSA) is 88.4 Å². The van der Waals surface area contributed by atoms with E-state index in [2.05, 4.69) is 5.10 Å². The molecule has 7 heteroatoms. The zero-order valence-electron chi connectivity index (χ0n) is 15.8. The highest BCUT2D eigenvalue weighted by atomic mass is 16.5. The molecule has 0 fully saturated rings. The van der Waals surface area contributed by atoms with Gasteiger partial charge >= 0.3 is 5.97 Å². The van der Waals surface area contributed by atoms with Crippen LogP contribution in [-0.2, 0) is 9.59 Å². The largest absolute Gasteiger partial charge is 0.497 e. The fourth-order valence-electron chi connectivity index (χ4n) is 3.15. The van der Waals surface area contributed by atoms with Gasteiger partial charge in [-0.25, -0.2) is 5.01 Å². The summed E-state index contributed by atoms with van der Waals surface area (Å²) in [5, 5.41) is 14.8. The highest BCUT2D eigenvalue weighted by Crippen LogP contribution is 2.35. The number of rotatable bonds is 7. The number of methoxy groups -OCH3 is 2. The normalized spacial score (nSPS) is 15.9. The fourth-order valence-corrected chi connectivity index (χ4v) is 3.15. The Morgan fingerprint density at radius 2 is 1.75 bits per heavy atom. The minimum absolute atomic E-state index is 0.106. The number of hydrogen-bond acceptors (Lipinski definition) is 5. The molecular formula is C21H22N2O5. The molecule has 0 spiro atoms. The molecule has 7 nitrogen and oxygen atoms in total. The number of benzene rings is 2. The van der Waals surface area contributed by atoms with Crippen molar-refractivity contribution in [1.29, 1.82) is 0 Å². The van der Waals surface area contributed by atoms with Crippen molar-refractivity contribution in [1.82, 2.24) is 5.01 Å². The first-order chi connectivity index (χ1) is 13.5. The van der Waals surface area contributed by atoms with Crippen molar-refractivity contribution >= 4 is 17.6 Å². The van der Waals surface area contributed by atoms with Crippen molar-refractivity contribution < 1.29 is 24.2 Å². The van der Waals surface area contributed by atoms with Gasteiger partial charge in [-0.3, -0.25) is 9.59 Å². The summed E-state index contributed by atoms with van der Waals surface area (Å²) in [4.78, 5) is 23.6. The maximum Gasteiger partial charge on any atom is 0.303 e. The first-order valence-electron chi connectivity index (χ1n) is 8.91. The van der Waals surface area contributed by atoms with Gasteiger partial charge in [0, 0.05) is 18.4 Å². The van der Waals surface area contributed by atoms with E-state index in [1.165, 1.54) is 5.01 Å². The second kappa shape index (κ2) is 8.56. The molecule has 1 amide bonds. The third-order valence-electron chi connectivity index (χ3n) is 4.60. The summed E-state index contributed by atoms with van der Waals surface area (Å²) in [6.07, 6.45) is 0.175. The number of aliphatic carboxylic acids is 1. The van der Waals surface area contributed by atoms with Crippen LogP contribution < -0.4 is 9.47 Å². The smallest absolute Gasteiger partial charge is 0.303 e. The van der Waals surface area contributed by atoms with Crippen molar-refractivity contribution in [2.24, 2.45) is 5.10 Å². The summed E-state index contributed by atoms with van der Waals surface area (Å²) >= 11 is 0. The highest BCUT2D eigenvalue weighted by Gasteiger charge is 2.33. The molecule has 1 N–H and O–H groups in total. The SMILES string of the molecule is COc1cccc(C2=NN(C(=O)CCC(=O)O)C(c3cccc(OC)c3)C2)c1. The standard InChI is InChI=1S/C21H22N2O5/c1-27-16-7-3-5-14(11-16)18-13-19(15-6-4-8-17(12-15)28-2)23(22-18)20(24)9-10-21(25)26/h3-8,11-12,19H,9-10,13H2,1-2H3,(H,25,26). The van der Waals surface area contributed by atoms with E-state index in [1.807, 2.05) is 48.5 Å². The van der Waals surface area contributed by atoms with E-state index in [9.17, 15) is 9.59 Å². The number of ether oxygens (including phenoxy) is 2. The van der Waals surface area contributed by atoms with E-state index in [0.29, 0.717) is 17.9 Å². The molecule has 0 saturated carbocycles. The zero-order valence-corrected chi connectivity index (χ0v) is 15.8. The number of hydrogen-bond donors (Lipinski definition) is 1. The Hall–Kier alpha value is -3.35. The molecule has 146 valence electrons. The molecule has 1 aliphatic rings. The maximum atomic E-state index is 12.7. The second-order valence-corrected chi connectivity index (χ2v) is 6.41. The molecule has 0 radical (unpaired) electrons. The van der Waals surface area contributed by atoms with Crippen molar-refractivity contribution in [2.45, 2.75) is 25.3 Å². The van der Waals surface area contributed by atoms with Crippen molar-refractivity contribution in [2.75, 3.05) is 14.2 Å². The molecule has 1 heterocycles. The number of carbonyl (C=O) groups is 2. The van der Waals surface area contributed by atoms with Gasteiger partial charge in [-0.15, -0.1) is 0 Å². The third-order valence-corrected chi connectivity index (χ3v) is 4.60. The maximum absolute atomic E-state index is 12.7. The predicted molar refractivity (Wildman–Crippen MR) is 104 cm³/mol. The Balaban J connectivity index is 1.93. The number of hydrazone groups is 1. The molecule has 1 atom stereocenters. The Morgan fingerprint density at radius 1 is 1.07 bits per heavy atom. The fraction of sp³-hybridized carbons (Fsp3) is 0.286. The summed E-state index contributed by atoms with van der Waals surface area (Å²) < 4.78 is 10.6. The summed E-state index contributed by atoms with van der Waals surface area (Å²) in [5.41, 5.74) is 2.49. The summed E-state index contributed by atoms with van der Waals surface area (Å²) in [7, 11) is 3.18. The van der Waals surface area contributed by atoms with Crippen LogP contribution >= 0.6 is 0 Å². The van der Waals surface area contributed by atoms with Crippen LogP contribution in [0.15, 0.2) is 53.6 Å². The number of carboxylic acid groups (broad SMARTS) is 1. The third kappa shape index (κ3) is 4.31. The van der Waals surface area contributed by atoms with Crippen LogP contribution in [0.1, 0.15) is 36.4 Å². The average molecular weight is 382 g/mol. The van der Waals surface area contributed by atoms with Crippen LogP contribution in [0, 0.1) is 0 Å². The van der Waals surface area contributed by atoms with Gasteiger partial charge in [0.25, 0.3) is 0 Å². The van der Waals surface area contributed by atoms with Gasteiger partial charge < -0.3 is 14.6 Å². The van der Waals surface area contributed by atoms with E-state index >= 15 is 0 Å². The van der Waals surface area contributed by atoms with E-state index in [1.54, 1.807) is 14.2 Å². The highest BCUT2D eigenvalue weighted by molar-refractivity contribution is 6.03. The molecular weight excluding hydrogens is 360 g/mol. The average Bonchev–Trinajstić information content (AvgIpc) is 3.17. The molecule has 0 aromatic heterocycles. The molecule has 1 unspecified atom stereocenters. The van der Waals surface area contributed by atoms with E-state index < -0.39 is 5.97 Å². The predicted octanol–water partition coefficient (Wildman–Crippen LogP) is 3.25. The molecule has 2 aromatic carbocycles. The molecule has 28 heavy (non-hydrogen) atoms. The molecule has 0 saturated heterocycles. The van der Waals surface area contributed by atoms with Gasteiger partial charge in [0.05, 0.1) is 32.4 Å². The number of carbonyl (C=O) groups excluding carboxylic acids is 1. The van der Waals surface area contributed by atoms with Crippen molar-refractivity contribution in [3.8, 4) is 11.5 Å². The number of nitrogens with zero attached hydrogens (tertiary/aromatic N) is 2. The van der Waals surface area contributed by atoms with Gasteiger partial charge in [0.1, 0.15) is 11.5 Å². The van der Waals surface area contributed by atoms with Gasteiger partial charge in [-0.2, -0.15) is 5.10 Å². The van der Waals surface area contributed by atoms with E-state index in [-0.39, 0.29) is 24.8 Å². The van der Waals surface area contributed by atoms with Gasteiger partial charge in [-0.1, -0.05) is 24.3 Å². The second-order valence-electron chi connectivity index (χ2n) is 6.41. The quantitative estimate of drug-likeness (QED) is 0.794. The first kappa shape index (κ1) is 19.4. The lowest BCUT2D eigenvalue weighted by atomic mass is 9.98. The lowest BCUT2D eigenvalue weighted by Crippen LogP contribution is -2.27. The van der Waals surface area contributed by atoms with Crippen molar-refractivity contribution in [3.63, 3.8) is 0 Å². The monoisotopic (exact) mass is 382 g/mol. The van der Waals surface area contributed by atoms with E-state index in [4.69, 9.17) is 14.6 Å². The van der Waals surface area contributed by atoms with E-state index in [0.717, 1.165) is 16.8 Å². The van der Waals surface area contributed by atoms with Crippen molar-refractivity contribution in [3.05, 3.63) is 59.7 Å². The Labute approximate surface area is 163 Å². The minimum atomic E-state index is -1.01. The molecule has 3 rings (SSSR count). The van der Waals surface area contributed by atoms with Crippen LogP contribution in [0.2, 0.25) is 0 Å². The number of carboxylic acids is 1. The van der Waals surface area contributed by atoms with Gasteiger partial charge in [-0.05, 0) is 29.8 Å². The van der Waals surface area contributed by atoms with Gasteiger partial charge in [0.2, 0.25) is 5.91 Å². The van der Waals surface area contributed by atoms with Crippen LogP contribution in [0.5, 0.6) is 11.5 Å². The molecule has 1 aliphatic heterocycles. The minimum Gasteiger partial charge on any atom is -0.497 e. The zero-order chi connectivity index (χ0) is 20.1. The van der Waals surface area contributed by atoms with Crippen LogP contribution in [0.25, 0.3) is 0 Å². The van der Waals surface area contributed by atoms with Crippen LogP contribution in [0.3, 0.4) is 0 Å². The van der Waals surface area contributed by atoms with Crippen LogP contribution in [-0.4, -0.2) is 41.9 Å². The molecule has 2 aromatic rings. The Kier molecular flexibility index (Phi) is 5.93. The van der Waals surface area contributed by atoms with Crippen LogP contribution in [0.4, 0.5) is 0 Å². The summed E-state index contributed by atoms with van der Waals surface area (Å²) in [5.74, 6) is 0.0506.